The summed E-state index contributed by atoms with van der Waals surface area (Å²) < 4.78 is 12.0. The van der Waals surface area contributed by atoms with E-state index in [1.165, 1.54) is 11.8 Å². The molecule has 1 heterocycles. The molecule has 9 heteroatoms. The molecule has 1 atom stereocenters. The second-order valence-electron chi connectivity index (χ2n) is 5.63. The van der Waals surface area contributed by atoms with E-state index in [1.54, 1.807) is 31.8 Å². The molecule has 2 aromatic rings. The molecule has 0 aliphatic rings. The Labute approximate surface area is 156 Å². The van der Waals surface area contributed by atoms with E-state index in [4.69, 9.17) is 9.47 Å². The molecule has 1 amide bonds. The summed E-state index contributed by atoms with van der Waals surface area (Å²) in [6.45, 7) is 4.70. The molecule has 26 heavy (non-hydrogen) atoms. The van der Waals surface area contributed by atoms with Crippen LogP contribution in [0.1, 0.15) is 25.8 Å². The van der Waals surface area contributed by atoms with Crippen molar-refractivity contribution in [3.63, 3.8) is 0 Å². The summed E-state index contributed by atoms with van der Waals surface area (Å²) in [5, 5.41) is 9.44. The number of aromatic nitrogens is 3. The predicted molar refractivity (Wildman–Crippen MR) is 99.9 cm³/mol. The number of methoxy groups -OCH3 is 2. The zero-order valence-electron chi connectivity index (χ0n) is 15.4. The van der Waals surface area contributed by atoms with E-state index in [9.17, 15) is 9.59 Å². The SMILES string of the molecule is CCCn1c(SC(C)C(=O)NCc2ccc(OC)c(OC)c2)n[nH]c1=O. The third kappa shape index (κ3) is 4.81. The fourth-order valence-corrected chi connectivity index (χ4v) is 3.26. The molecule has 1 aromatic heterocycles. The Bertz CT molecular complexity index is 802. The molecule has 0 bridgehead atoms. The van der Waals surface area contributed by atoms with Gasteiger partial charge in [0, 0.05) is 13.1 Å². The molecule has 0 spiro atoms. The number of nitrogens with zero attached hydrogens (tertiary/aromatic N) is 2. The van der Waals surface area contributed by atoms with Gasteiger partial charge in [-0.15, -0.1) is 5.10 Å². The average Bonchev–Trinajstić information content (AvgIpc) is 2.99. The van der Waals surface area contributed by atoms with Crippen LogP contribution in [-0.4, -0.2) is 40.1 Å². The lowest BCUT2D eigenvalue weighted by atomic mass is 10.2. The van der Waals surface area contributed by atoms with E-state index < -0.39 is 0 Å². The summed E-state index contributed by atoms with van der Waals surface area (Å²) in [6, 6.07) is 5.49. The Morgan fingerprint density at radius 3 is 2.73 bits per heavy atom. The standard InChI is InChI=1S/C17H24N4O4S/c1-5-8-21-16(23)19-20-17(21)26-11(2)15(22)18-10-12-6-7-13(24-3)14(9-12)25-4/h6-7,9,11H,5,8,10H2,1-4H3,(H,18,22)(H,19,23). The lowest BCUT2D eigenvalue weighted by molar-refractivity contribution is -0.120. The van der Waals surface area contributed by atoms with Gasteiger partial charge in [0.2, 0.25) is 5.91 Å². The lowest BCUT2D eigenvalue weighted by Gasteiger charge is -2.13. The molecule has 142 valence electrons. The number of aromatic amines is 1. The van der Waals surface area contributed by atoms with Gasteiger partial charge in [-0.05, 0) is 31.0 Å². The summed E-state index contributed by atoms with van der Waals surface area (Å²) in [6.07, 6.45) is 0.812. The van der Waals surface area contributed by atoms with Gasteiger partial charge in [-0.2, -0.15) is 0 Å². The first-order chi connectivity index (χ1) is 12.5. The van der Waals surface area contributed by atoms with Crippen LogP contribution in [0.4, 0.5) is 0 Å². The van der Waals surface area contributed by atoms with Gasteiger partial charge in [0.1, 0.15) is 0 Å². The van der Waals surface area contributed by atoms with Crippen molar-refractivity contribution in [2.24, 2.45) is 0 Å². The monoisotopic (exact) mass is 380 g/mol. The van der Waals surface area contributed by atoms with Crippen LogP contribution in [0, 0.1) is 0 Å². The van der Waals surface area contributed by atoms with E-state index in [-0.39, 0.29) is 16.8 Å². The van der Waals surface area contributed by atoms with Gasteiger partial charge in [0.05, 0.1) is 19.5 Å². The van der Waals surface area contributed by atoms with Crippen LogP contribution in [-0.2, 0) is 17.9 Å². The number of rotatable bonds is 9. The quantitative estimate of drug-likeness (QED) is 0.644. The summed E-state index contributed by atoms with van der Waals surface area (Å²) >= 11 is 1.25. The van der Waals surface area contributed by atoms with Gasteiger partial charge < -0.3 is 14.8 Å². The van der Waals surface area contributed by atoms with Crippen molar-refractivity contribution in [3.05, 3.63) is 34.2 Å². The smallest absolute Gasteiger partial charge is 0.343 e. The van der Waals surface area contributed by atoms with Crippen LogP contribution in [0.15, 0.2) is 28.2 Å². The second kappa shape index (κ2) is 9.33. The first kappa shape index (κ1) is 19.9. The van der Waals surface area contributed by atoms with Gasteiger partial charge in [-0.1, -0.05) is 24.8 Å². The molecule has 0 radical (unpaired) electrons. The first-order valence-corrected chi connectivity index (χ1v) is 9.18. The number of ether oxygens (including phenoxy) is 2. The number of nitrogens with one attached hydrogen (secondary N) is 2. The maximum Gasteiger partial charge on any atom is 0.343 e. The van der Waals surface area contributed by atoms with Gasteiger partial charge >= 0.3 is 5.69 Å². The number of hydrogen-bond acceptors (Lipinski definition) is 6. The highest BCUT2D eigenvalue weighted by Crippen LogP contribution is 2.27. The molecule has 1 unspecified atom stereocenters. The van der Waals surface area contributed by atoms with Gasteiger partial charge in [-0.3, -0.25) is 9.36 Å². The molecule has 1 aromatic carbocycles. The number of carbonyl (C=O) groups excluding carboxylic acids is 1. The van der Waals surface area contributed by atoms with Crippen molar-refractivity contribution in [1.29, 1.82) is 0 Å². The Balaban J connectivity index is 1.96. The number of benzene rings is 1. The van der Waals surface area contributed by atoms with Crippen molar-refractivity contribution in [1.82, 2.24) is 20.1 Å². The van der Waals surface area contributed by atoms with Crippen LogP contribution in [0.5, 0.6) is 11.5 Å². The van der Waals surface area contributed by atoms with E-state index in [2.05, 4.69) is 15.5 Å². The van der Waals surface area contributed by atoms with E-state index in [0.29, 0.717) is 29.7 Å². The maximum atomic E-state index is 12.4. The highest BCUT2D eigenvalue weighted by Gasteiger charge is 2.18. The van der Waals surface area contributed by atoms with Crippen molar-refractivity contribution < 1.29 is 14.3 Å². The van der Waals surface area contributed by atoms with Gasteiger partial charge in [-0.25, -0.2) is 9.89 Å². The normalized spacial score (nSPS) is 11.8. The third-order valence-corrected chi connectivity index (χ3v) is 4.83. The molecule has 2 rings (SSSR count). The topological polar surface area (TPSA) is 98.2 Å². The molecule has 0 aliphatic carbocycles. The Morgan fingerprint density at radius 2 is 2.08 bits per heavy atom. The summed E-state index contributed by atoms with van der Waals surface area (Å²) in [5.74, 6) is 1.11. The number of hydrogen-bond donors (Lipinski definition) is 2. The molecular weight excluding hydrogens is 356 g/mol. The fraction of sp³-hybridized carbons (Fsp3) is 0.471. The maximum absolute atomic E-state index is 12.4. The first-order valence-electron chi connectivity index (χ1n) is 8.30. The van der Waals surface area contributed by atoms with Crippen LogP contribution >= 0.6 is 11.8 Å². The molecule has 0 saturated carbocycles. The highest BCUT2D eigenvalue weighted by atomic mass is 32.2. The summed E-state index contributed by atoms with van der Waals surface area (Å²) in [7, 11) is 3.14. The highest BCUT2D eigenvalue weighted by molar-refractivity contribution is 8.00. The third-order valence-electron chi connectivity index (χ3n) is 3.74. The second-order valence-corrected chi connectivity index (χ2v) is 6.94. The van der Waals surface area contributed by atoms with Crippen molar-refractivity contribution in [2.45, 2.75) is 43.8 Å². The Morgan fingerprint density at radius 1 is 1.35 bits per heavy atom. The molecule has 0 aliphatic heterocycles. The van der Waals surface area contributed by atoms with Crippen molar-refractivity contribution in [3.8, 4) is 11.5 Å². The van der Waals surface area contributed by atoms with Crippen LogP contribution < -0.4 is 20.5 Å². The minimum Gasteiger partial charge on any atom is -0.493 e. The van der Waals surface area contributed by atoms with Gasteiger partial charge in [0.25, 0.3) is 0 Å². The lowest BCUT2D eigenvalue weighted by Crippen LogP contribution is -2.30. The molecule has 0 saturated heterocycles. The minimum absolute atomic E-state index is 0.136. The summed E-state index contributed by atoms with van der Waals surface area (Å²) in [4.78, 5) is 24.1. The Hall–Kier alpha value is -2.42. The van der Waals surface area contributed by atoms with Crippen LogP contribution in [0.3, 0.4) is 0 Å². The molecular formula is C17H24N4O4S. The number of amides is 1. The Kier molecular flexibility index (Phi) is 7.14. The van der Waals surface area contributed by atoms with E-state index in [1.807, 2.05) is 19.1 Å². The predicted octanol–water partition coefficient (Wildman–Crippen LogP) is 1.80. The van der Waals surface area contributed by atoms with Crippen molar-refractivity contribution >= 4 is 17.7 Å². The fourth-order valence-electron chi connectivity index (χ4n) is 2.35. The average molecular weight is 380 g/mol. The number of H-pyrrole nitrogens is 1. The van der Waals surface area contributed by atoms with Crippen molar-refractivity contribution in [2.75, 3.05) is 14.2 Å². The van der Waals surface area contributed by atoms with Crippen LogP contribution in [0.25, 0.3) is 0 Å². The summed E-state index contributed by atoms with van der Waals surface area (Å²) in [5.41, 5.74) is 0.642. The zero-order valence-corrected chi connectivity index (χ0v) is 16.2. The largest absolute Gasteiger partial charge is 0.493 e. The number of carbonyl (C=O) groups is 1. The minimum atomic E-state index is -0.388. The van der Waals surface area contributed by atoms with E-state index in [0.717, 1.165) is 12.0 Å². The van der Waals surface area contributed by atoms with Gasteiger partial charge in [0.15, 0.2) is 16.7 Å². The number of thioether (sulfide) groups is 1. The molecule has 2 N–H and O–H groups in total. The van der Waals surface area contributed by atoms with Crippen LogP contribution in [0.2, 0.25) is 0 Å². The van der Waals surface area contributed by atoms with E-state index >= 15 is 0 Å². The molecule has 8 nitrogen and oxygen atoms in total. The zero-order chi connectivity index (χ0) is 19.1. The molecule has 0 fully saturated rings.